The highest BCUT2D eigenvalue weighted by atomic mass is 19.1. The third-order valence-corrected chi connectivity index (χ3v) is 3.62. The molecule has 0 spiro atoms. The number of hydrogen-bond acceptors (Lipinski definition) is 5. The van der Waals surface area contributed by atoms with E-state index >= 15 is 0 Å². The van der Waals surface area contributed by atoms with Crippen LogP contribution in [0.25, 0.3) is 0 Å². The summed E-state index contributed by atoms with van der Waals surface area (Å²) in [5.74, 6) is -0.461. The Morgan fingerprint density at radius 2 is 2.14 bits per heavy atom. The third-order valence-electron chi connectivity index (χ3n) is 3.62. The molecule has 0 aliphatic carbocycles. The molecular formula is C14H20FN3O3. The zero-order valence-corrected chi connectivity index (χ0v) is 11.8. The van der Waals surface area contributed by atoms with E-state index in [9.17, 15) is 14.5 Å². The summed E-state index contributed by atoms with van der Waals surface area (Å²) in [5.41, 5.74) is 5.70. The molecule has 1 heterocycles. The van der Waals surface area contributed by atoms with Gasteiger partial charge in [-0.1, -0.05) is 0 Å². The van der Waals surface area contributed by atoms with Crippen LogP contribution < -0.4 is 10.6 Å². The Morgan fingerprint density at radius 1 is 1.43 bits per heavy atom. The number of piperidine rings is 1. The summed E-state index contributed by atoms with van der Waals surface area (Å²) < 4.78 is 19.1. The lowest BCUT2D eigenvalue weighted by Gasteiger charge is -2.33. The van der Waals surface area contributed by atoms with E-state index in [0.29, 0.717) is 31.9 Å². The number of nitrogens with zero attached hydrogens (tertiary/aromatic N) is 2. The second kappa shape index (κ2) is 7.33. The van der Waals surface area contributed by atoms with Gasteiger partial charge in [-0.15, -0.1) is 0 Å². The lowest BCUT2D eigenvalue weighted by Crippen LogP contribution is -2.37. The first-order chi connectivity index (χ1) is 10.1. The van der Waals surface area contributed by atoms with Crippen LogP contribution in [0.1, 0.15) is 19.3 Å². The Morgan fingerprint density at radius 3 is 2.76 bits per heavy atom. The van der Waals surface area contributed by atoms with Crippen LogP contribution in [0.5, 0.6) is 0 Å². The number of anilines is 1. The van der Waals surface area contributed by atoms with Crippen LogP contribution in [0.2, 0.25) is 0 Å². The number of nitro benzene ring substituents is 1. The Bertz CT molecular complexity index is 490. The van der Waals surface area contributed by atoms with Crippen molar-refractivity contribution < 1.29 is 14.1 Å². The number of nitrogens with two attached hydrogens (primary N) is 1. The molecule has 7 heteroatoms. The van der Waals surface area contributed by atoms with Crippen LogP contribution in [0, 0.1) is 15.9 Å². The van der Waals surface area contributed by atoms with Gasteiger partial charge in [0.25, 0.3) is 5.69 Å². The molecule has 0 amide bonds. The van der Waals surface area contributed by atoms with Crippen molar-refractivity contribution in [2.45, 2.75) is 25.4 Å². The molecule has 0 unspecified atom stereocenters. The monoisotopic (exact) mass is 297 g/mol. The maximum atomic E-state index is 13.4. The number of nitro groups is 1. The first-order valence-electron chi connectivity index (χ1n) is 7.12. The van der Waals surface area contributed by atoms with Crippen LogP contribution in [0.3, 0.4) is 0 Å². The minimum Gasteiger partial charge on any atom is -0.378 e. The standard InChI is InChI=1S/C14H20FN3O3/c15-11-2-3-13(18(19)20)14(10-11)17-7-4-12(5-8-17)21-9-1-6-16/h2-3,10,12H,1,4-9,16H2. The normalized spacial score (nSPS) is 16.2. The summed E-state index contributed by atoms with van der Waals surface area (Å²) in [4.78, 5) is 12.4. The summed E-state index contributed by atoms with van der Waals surface area (Å²) in [6.07, 6.45) is 2.53. The number of benzene rings is 1. The van der Waals surface area contributed by atoms with E-state index in [2.05, 4.69) is 0 Å². The van der Waals surface area contributed by atoms with E-state index in [4.69, 9.17) is 10.5 Å². The fraction of sp³-hybridized carbons (Fsp3) is 0.571. The van der Waals surface area contributed by atoms with Gasteiger partial charge in [-0.05, 0) is 31.9 Å². The molecule has 2 rings (SSSR count). The van der Waals surface area contributed by atoms with Crippen LogP contribution in [0.15, 0.2) is 18.2 Å². The Kier molecular flexibility index (Phi) is 5.46. The molecule has 1 aliphatic heterocycles. The van der Waals surface area contributed by atoms with Gasteiger partial charge in [0.15, 0.2) is 0 Å². The molecule has 1 aliphatic rings. The number of ether oxygens (including phenoxy) is 1. The van der Waals surface area contributed by atoms with E-state index in [1.807, 2.05) is 4.90 Å². The second-order valence-electron chi connectivity index (χ2n) is 5.09. The highest BCUT2D eigenvalue weighted by molar-refractivity contribution is 5.63. The largest absolute Gasteiger partial charge is 0.378 e. The molecule has 0 aromatic heterocycles. The summed E-state index contributed by atoms with van der Waals surface area (Å²) >= 11 is 0. The molecular weight excluding hydrogens is 277 g/mol. The lowest BCUT2D eigenvalue weighted by molar-refractivity contribution is -0.384. The Balaban J connectivity index is 1.99. The van der Waals surface area contributed by atoms with Gasteiger partial charge >= 0.3 is 0 Å². The second-order valence-corrected chi connectivity index (χ2v) is 5.09. The molecule has 0 atom stereocenters. The van der Waals surface area contributed by atoms with Gasteiger partial charge in [-0.25, -0.2) is 4.39 Å². The van der Waals surface area contributed by atoms with Gasteiger partial charge < -0.3 is 15.4 Å². The van der Waals surface area contributed by atoms with Crippen molar-refractivity contribution in [3.63, 3.8) is 0 Å². The Hall–Kier alpha value is -1.73. The fourth-order valence-corrected chi connectivity index (χ4v) is 2.50. The smallest absolute Gasteiger partial charge is 0.292 e. The zero-order valence-electron chi connectivity index (χ0n) is 11.8. The maximum Gasteiger partial charge on any atom is 0.292 e. The van der Waals surface area contributed by atoms with Gasteiger partial charge in [0.1, 0.15) is 11.5 Å². The molecule has 1 fully saturated rings. The minimum atomic E-state index is -0.474. The van der Waals surface area contributed by atoms with Crippen LogP contribution in [0.4, 0.5) is 15.8 Å². The fourth-order valence-electron chi connectivity index (χ4n) is 2.50. The summed E-state index contributed by atoms with van der Waals surface area (Å²) in [6.45, 7) is 2.49. The average molecular weight is 297 g/mol. The lowest BCUT2D eigenvalue weighted by atomic mass is 10.1. The maximum absolute atomic E-state index is 13.4. The Labute approximate surface area is 122 Å². The average Bonchev–Trinajstić information content (AvgIpc) is 2.48. The van der Waals surface area contributed by atoms with Crippen LogP contribution in [-0.2, 0) is 4.74 Å². The molecule has 0 radical (unpaired) electrons. The molecule has 1 aromatic carbocycles. The predicted molar refractivity (Wildman–Crippen MR) is 77.9 cm³/mol. The van der Waals surface area contributed by atoms with Crippen LogP contribution >= 0.6 is 0 Å². The third kappa shape index (κ3) is 4.12. The SMILES string of the molecule is NCCCOC1CCN(c2cc(F)ccc2[N+](=O)[O-])CC1. The molecule has 6 nitrogen and oxygen atoms in total. The quantitative estimate of drug-likeness (QED) is 0.494. The van der Waals surface area contributed by atoms with Crippen molar-refractivity contribution >= 4 is 11.4 Å². The van der Waals surface area contributed by atoms with Gasteiger partial charge in [0, 0.05) is 31.8 Å². The van der Waals surface area contributed by atoms with E-state index in [1.165, 1.54) is 12.1 Å². The van der Waals surface area contributed by atoms with E-state index in [0.717, 1.165) is 25.3 Å². The van der Waals surface area contributed by atoms with Crippen molar-refractivity contribution in [3.8, 4) is 0 Å². The van der Waals surface area contributed by atoms with E-state index in [-0.39, 0.29) is 11.8 Å². The molecule has 1 aromatic rings. The highest BCUT2D eigenvalue weighted by Gasteiger charge is 2.25. The van der Waals surface area contributed by atoms with Crippen molar-refractivity contribution in [1.29, 1.82) is 0 Å². The zero-order chi connectivity index (χ0) is 15.2. The van der Waals surface area contributed by atoms with Gasteiger partial charge in [0.2, 0.25) is 0 Å². The van der Waals surface area contributed by atoms with Gasteiger partial charge in [-0.3, -0.25) is 10.1 Å². The van der Waals surface area contributed by atoms with Crippen LogP contribution in [-0.4, -0.2) is 37.3 Å². The molecule has 0 bridgehead atoms. The van der Waals surface area contributed by atoms with Crippen molar-refractivity contribution in [2.24, 2.45) is 5.73 Å². The first kappa shape index (κ1) is 15.7. The number of hydrogen-bond donors (Lipinski definition) is 1. The summed E-state index contributed by atoms with van der Waals surface area (Å²) in [7, 11) is 0. The van der Waals surface area contributed by atoms with Gasteiger partial charge in [0.05, 0.1) is 11.0 Å². The van der Waals surface area contributed by atoms with Gasteiger partial charge in [-0.2, -0.15) is 0 Å². The molecule has 21 heavy (non-hydrogen) atoms. The number of halogens is 1. The first-order valence-corrected chi connectivity index (χ1v) is 7.12. The van der Waals surface area contributed by atoms with E-state index < -0.39 is 10.7 Å². The molecule has 1 saturated heterocycles. The molecule has 2 N–H and O–H groups in total. The summed E-state index contributed by atoms with van der Waals surface area (Å²) in [6, 6.07) is 3.56. The predicted octanol–water partition coefficient (Wildman–Crippen LogP) is 2.07. The van der Waals surface area contributed by atoms with Crippen molar-refractivity contribution in [2.75, 3.05) is 31.1 Å². The van der Waals surface area contributed by atoms with Crippen molar-refractivity contribution in [3.05, 3.63) is 34.1 Å². The topological polar surface area (TPSA) is 81.6 Å². The number of rotatable bonds is 6. The summed E-state index contributed by atoms with van der Waals surface area (Å²) in [5, 5.41) is 11.0. The van der Waals surface area contributed by atoms with E-state index in [1.54, 1.807) is 0 Å². The molecule has 0 saturated carbocycles. The minimum absolute atomic E-state index is 0.0566. The van der Waals surface area contributed by atoms with Crippen molar-refractivity contribution in [1.82, 2.24) is 0 Å². The molecule has 116 valence electrons. The highest BCUT2D eigenvalue weighted by Crippen LogP contribution is 2.31.